The van der Waals surface area contributed by atoms with Gasteiger partial charge >= 0.3 is 0 Å². The monoisotopic (exact) mass is 291 g/mol. The highest BCUT2D eigenvalue weighted by atomic mass is 32.2. The van der Waals surface area contributed by atoms with Gasteiger partial charge in [-0.3, -0.25) is 0 Å². The van der Waals surface area contributed by atoms with Crippen molar-refractivity contribution >= 4 is 10.0 Å². The van der Waals surface area contributed by atoms with Crippen LogP contribution >= 0.6 is 0 Å². The maximum atomic E-state index is 12.4. The van der Waals surface area contributed by atoms with Crippen molar-refractivity contribution in [3.63, 3.8) is 0 Å². The van der Waals surface area contributed by atoms with E-state index in [-0.39, 0.29) is 0 Å². The molecule has 2 aromatic carbocycles. The van der Waals surface area contributed by atoms with Crippen molar-refractivity contribution in [2.45, 2.75) is 11.4 Å². The van der Waals surface area contributed by atoms with E-state index < -0.39 is 10.0 Å². The molecule has 0 radical (unpaired) electrons. The van der Waals surface area contributed by atoms with Gasteiger partial charge in [0.25, 0.3) is 0 Å². The van der Waals surface area contributed by atoms with Crippen LogP contribution < -0.4 is 4.74 Å². The third-order valence-electron chi connectivity index (χ3n) is 2.99. The summed E-state index contributed by atoms with van der Waals surface area (Å²) < 4.78 is 31.2. The van der Waals surface area contributed by atoms with E-state index in [1.54, 1.807) is 44.5 Å². The summed E-state index contributed by atoms with van der Waals surface area (Å²) in [6.07, 6.45) is 0. The van der Waals surface area contributed by atoms with Gasteiger partial charge in [0.05, 0.1) is 12.0 Å². The normalized spacial score (nSPS) is 11.6. The fourth-order valence-corrected chi connectivity index (χ4v) is 3.07. The molecule has 0 saturated carbocycles. The number of methoxy groups -OCH3 is 1. The van der Waals surface area contributed by atoms with E-state index in [9.17, 15) is 8.42 Å². The Hall–Kier alpha value is -1.85. The zero-order valence-electron chi connectivity index (χ0n) is 11.5. The van der Waals surface area contributed by atoms with Crippen molar-refractivity contribution in [1.82, 2.24) is 4.31 Å². The van der Waals surface area contributed by atoms with Crippen LogP contribution in [0.15, 0.2) is 59.5 Å². The van der Waals surface area contributed by atoms with Crippen molar-refractivity contribution < 1.29 is 13.2 Å². The second-order valence-corrected chi connectivity index (χ2v) is 6.47. The van der Waals surface area contributed by atoms with Crippen LogP contribution in [0, 0.1) is 0 Å². The number of nitrogens with zero attached hydrogens (tertiary/aromatic N) is 1. The lowest BCUT2D eigenvalue weighted by atomic mass is 10.2. The number of rotatable bonds is 5. The van der Waals surface area contributed by atoms with Crippen LogP contribution in [0.2, 0.25) is 0 Å². The van der Waals surface area contributed by atoms with Gasteiger partial charge in [-0.25, -0.2) is 8.42 Å². The fraction of sp³-hybridized carbons (Fsp3) is 0.200. The lowest BCUT2D eigenvalue weighted by Gasteiger charge is -2.17. The minimum Gasteiger partial charge on any atom is -0.497 e. The predicted octanol–water partition coefficient (Wildman–Crippen LogP) is 2.52. The number of ether oxygens (including phenoxy) is 1. The van der Waals surface area contributed by atoms with Crippen molar-refractivity contribution in [2.24, 2.45) is 0 Å². The molecule has 0 aliphatic rings. The summed E-state index contributed by atoms with van der Waals surface area (Å²) in [7, 11) is -0.306. The minimum atomic E-state index is -3.46. The van der Waals surface area contributed by atoms with E-state index in [2.05, 4.69) is 0 Å². The molecule has 0 bridgehead atoms. The molecule has 0 aliphatic heterocycles. The van der Waals surface area contributed by atoms with Gasteiger partial charge in [0.2, 0.25) is 10.0 Å². The Morgan fingerprint density at radius 2 is 1.75 bits per heavy atom. The predicted molar refractivity (Wildman–Crippen MR) is 78.1 cm³/mol. The maximum absolute atomic E-state index is 12.4. The smallest absolute Gasteiger partial charge is 0.243 e. The summed E-state index contributed by atoms with van der Waals surface area (Å²) >= 11 is 0. The first-order valence-electron chi connectivity index (χ1n) is 6.18. The molecule has 4 nitrogen and oxygen atoms in total. The highest BCUT2D eigenvalue weighted by Gasteiger charge is 2.20. The molecule has 2 aromatic rings. The van der Waals surface area contributed by atoms with Crippen molar-refractivity contribution in [3.8, 4) is 5.75 Å². The van der Waals surface area contributed by atoms with E-state index in [1.165, 1.54) is 4.31 Å². The highest BCUT2D eigenvalue weighted by molar-refractivity contribution is 7.89. The third kappa shape index (κ3) is 3.18. The van der Waals surface area contributed by atoms with Gasteiger partial charge in [0, 0.05) is 13.6 Å². The summed E-state index contributed by atoms with van der Waals surface area (Å²) in [5, 5.41) is 0. The Bertz CT molecular complexity index is 669. The molecule has 5 heteroatoms. The van der Waals surface area contributed by atoms with Gasteiger partial charge in [-0.15, -0.1) is 0 Å². The average Bonchev–Trinajstić information content (AvgIpc) is 2.48. The van der Waals surface area contributed by atoms with Gasteiger partial charge in [0.1, 0.15) is 5.75 Å². The van der Waals surface area contributed by atoms with E-state index in [1.807, 2.05) is 24.3 Å². The molecule has 0 fully saturated rings. The molecule has 0 N–H and O–H groups in total. The summed E-state index contributed by atoms with van der Waals surface area (Å²) in [6, 6.07) is 15.8. The lowest BCUT2D eigenvalue weighted by molar-refractivity contribution is 0.412. The standard InChI is InChI=1S/C15H17NO3S/c1-16(12-13-7-6-8-14(11-13)19-2)20(17,18)15-9-4-3-5-10-15/h3-11H,12H2,1-2H3. The molecule has 0 amide bonds. The topological polar surface area (TPSA) is 46.6 Å². The molecule has 106 valence electrons. The molecule has 0 saturated heterocycles. The number of hydrogen-bond acceptors (Lipinski definition) is 3. The van der Waals surface area contributed by atoms with Crippen molar-refractivity contribution in [3.05, 3.63) is 60.2 Å². The third-order valence-corrected chi connectivity index (χ3v) is 4.81. The van der Waals surface area contributed by atoms with Gasteiger partial charge in [-0.2, -0.15) is 4.31 Å². The first kappa shape index (κ1) is 14.6. The van der Waals surface area contributed by atoms with Crippen LogP contribution in [-0.2, 0) is 16.6 Å². The molecule has 20 heavy (non-hydrogen) atoms. The highest BCUT2D eigenvalue weighted by Crippen LogP contribution is 2.18. The molecular weight excluding hydrogens is 274 g/mol. The Morgan fingerprint density at radius 1 is 1.05 bits per heavy atom. The minimum absolute atomic E-state index is 0.297. The van der Waals surface area contributed by atoms with Crippen molar-refractivity contribution in [2.75, 3.05) is 14.2 Å². The van der Waals surface area contributed by atoms with Gasteiger partial charge < -0.3 is 4.74 Å². The number of sulfonamides is 1. The quantitative estimate of drug-likeness (QED) is 0.850. The molecule has 0 unspecified atom stereocenters. The fourth-order valence-electron chi connectivity index (χ4n) is 1.89. The first-order valence-corrected chi connectivity index (χ1v) is 7.62. The summed E-state index contributed by atoms with van der Waals surface area (Å²) in [5.74, 6) is 0.716. The Morgan fingerprint density at radius 3 is 2.40 bits per heavy atom. The van der Waals surface area contributed by atoms with Crippen molar-refractivity contribution in [1.29, 1.82) is 0 Å². The van der Waals surface area contributed by atoms with Gasteiger partial charge in [-0.1, -0.05) is 30.3 Å². The van der Waals surface area contributed by atoms with Crippen LogP contribution in [0.5, 0.6) is 5.75 Å². The number of benzene rings is 2. The molecule has 0 atom stereocenters. The molecule has 0 heterocycles. The number of hydrogen-bond donors (Lipinski definition) is 0. The van der Waals surface area contributed by atoms with Crippen LogP contribution in [0.25, 0.3) is 0 Å². The van der Waals surface area contributed by atoms with E-state index in [0.29, 0.717) is 17.2 Å². The molecule has 0 aromatic heterocycles. The summed E-state index contributed by atoms with van der Waals surface area (Å²) in [4.78, 5) is 0.297. The maximum Gasteiger partial charge on any atom is 0.243 e. The van der Waals surface area contributed by atoms with Gasteiger partial charge in [0.15, 0.2) is 0 Å². The first-order chi connectivity index (χ1) is 9.54. The van der Waals surface area contributed by atoms with E-state index in [4.69, 9.17) is 4.74 Å². The van der Waals surface area contributed by atoms with Crippen LogP contribution in [0.1, 0.15) is 5.56 Å². The molecule has 0 spiro atoms. The molecule has 0 aliphatic carbocycles. The molecule has 2 rings (SSSR count). The second-order valence-electron chi connectivity index (χ2n) is 4.43. The summed E-state index contributed by atoms with van der Waals surface area (Å²) in [5.41, 5.74) is 0.881. The summed E-state index contributed by atoms with van der Waals surface area (Å²) in [6.45, 7) is 0.300. The van der Waals surface area contributed by atoms with E-state index in [0.717, 1.165) is 5.56 Å². The largest absolute Gasteiger partial charge is 0.497 e. The average molecular weight is 291 g/mol. The molecular formula is C15H17NO3S. The van der Waals surface area contributed by atoms with E-state index >= 15 is 0 Å². The van der Waals surface area contributed by atoms with Crippen LogP contribution in [0.4, 0.5) is 0 Å². The Labute approximate surface area is 119 Å². The Kier molecular flexibility index (Phi) is 4.42. The zero-order valence-corrected chi connectivity index (χ0v) is 12.3. The van der Waals surface area contributed by atoms with Gasteiger partial charge in [-0.05, 0) is 29.8 Å². The van der Waals surface area contributed by atoms with Crippen LogP contribution in [0.3, 0.4) is 0 Å². The zero-order chi connectivity index (χ0) is 14.6. The Balaban J connectivity index is 2.21. The SMILES string of the molecule is COc1cccc(CN(C)S(=O)(=O)c2ccccc2)c1. The lowest BCUT2D eigenvalue weighted by Crippen LogP contribution is -2.26. The van der Waals surface area contributed by atoms with Crippen LogP contribution in [-0.4, -0.2) is 26.9 Å². The second kappa shape index (κ2) is 6.07.